The predicted molar refractivity (Wildman–Crippen MR) is 103 cm³/mol. The van der Waals surface area contributed by atoms with Gasteiger partial charge in [-0.15, -0.1) is 0 Å². The number of aromatic hydroxyl groups is 1. The number of aromatic nitrogens is 1. The fourth-order valence-electron chi connectivity index (χ4n) is 3.32. The average Bonchev–Trinajstić information content (AvgIpc) is 3.13. The minimum Gasteiger partial charge on any atom is -0.507 e. The molecule has 1 aromatic heterocycles. The second kappa shape index (κ2) is 7.60. The smallest absolute Gasteiger partial charge is 0.194 e. The molecule has 148 valence electrons. The molecular formula is C22H17F3N2O2. The van der Waals surface area contributed by atoms with Gasteiger partial charge in [0.05, 0.1) is 10.9 Å². The first-order valence-corrected chi connectivity index (χ1v) is 8.91. The molecule has 0 spiro atoms. The number of hydrogen-bond donors (Lipinski definition) is 1. The topological polar surface area (TPSA) is 49.5 Å². The molecule has 29 heavy (non-hydrogen) atoms. The van der Waals surface area contributed by atoms with Crippen LogP contribution in [0.4, 0.5) is 13.2 Å². The normalized spacial score (nSPS) is 11.5. The zero-order valence-corrected chi connectivity index (χ0v) is 15.5. The quantitative estimate of drug-likeness (QED) is 0.467. The lowest BCUT2D eigenvalue weighted by atomic mass is 10.0. The number of benzene rings is 3. The molecule has 4 nitrogen and oxygen atoms in total. The largest absolute Gasteiger partial charge is 0.507 e. The molecule has 0 saturated carbocycles. The Morgan fingerprint density at radius 3 is 2.34 bits per heavy atom. The lowest BCUT2D eigenvalue weighted by molar-refractivity contribution is 0.311. The van der Waals surface area contributed by atoms with E-state index in [0.717, 1.165) is 17.7 Å². The highest BCUT2D eigenvalue weighted by Crippen LogP contribution is 2.35. The molecule has 4 rings (SSSR count). The Kier molecular flexibility index (Phi) is 4.98. The maximum atomic E-state index is 13.6. The summed E-state index contributed by atoms with van der Waals surface area (Å²) in [5.74, 6) is -4.13. The number of phenolic OH excluding ortho intramolecular Hbond substituents is 1. The third kappa shape index (κ3) is 3.69. The van der Waals surface area contributed by atoms with Crippen molar-refractivity contribution in [3.63, 3.8) is 0 Å². The van der Waals surface area contributed by atoms with Crippen molar-refractivity contribution < 1.29 is 22.8 Å². The number of fused-ring (bicyclic) bond motifs is 1. The SMILES string of the molecule is CN(Cc1ccccc1)Cc1c(O)ccc2c(-c3cc(F)c(F)c(F)c3)noc12. The number of rotatable bonds is 5. The van der Waals surface area contributed by atoms with Crippen LogP contribution in [-0.4, -0.2) is 22.2 Å². The van der Waals surface area contributed by atoms with Crippen LogP contribution in [0.1, 0.15) is 11.1 Å². The summed E-state index contributed by atoms with van der Waals surface area (Å²) in [6.07, 6.45) is 0. The zero-order valence-electron chi connectivity index (χ0n) is 15.5. The molecule has 7 heteroatoms. The monoisotopic (exact) mass is 398 g/mol. The van der Waals surface area contributed by atoms with E-state index in [0.29, 0.717) is 29.6 Å². The maximum absolute atomic E-state index is 13.6. The lowest BCUT2D eigenvalue weighted by Gasteiger charge is -2.17. The summed E-state index contributed by atoms with van der Waals surface area (Å²) in [6, 6.07) is 14.6. The van der Waals surface area contributed by atoms with Gasteiger partial charge in [-0.05, 0) is 36.9 Å². The summed E-state index contributed by atoms with van der Waals surface area (Å²) in [6.45, 7) is 1.00. The maximum Gasteiger partial charge on any atom is 0.194 e. The summed E-state index contributed by atoms with van der Waals surface area (Å²) < 4.78 is 45.9. The Hall–Kier alpha value is -3.32. The Morgan fingerprint density at radius 2 is 1.66 bits per heavy atom. The fraction of sp³-hybridized carbons (Fsp3) is 0.136. The van der Waals surface area contributed by atoms with Crippen molar-refractivity contribution in [2.24, 2.45) is 0 Å². The van der Waals surface area contributed by atoms with E-state index in [2.05, 4.69) is 5.16 Å². The van der Waals surface area contributed by atoms with Gasteiger partial charge in [0.25, 0.3) is 0 Å². The fourth-order valence-corrected chi connectivity index (χ4v) is 3.32. The van der Waals surface area contributed by atoms with E-state index in [-0.39, 0.29) is 17.0 Å². The van der Waals surface area contributed by atoms with E-state index >= 15 is 0 Å². The van der Waals surface area contributed by atoms with Crippen LogP contribution in [0.5, 0.6) is 5.75 Å². The van der Waals surface area contributed by atoms with Crippen LogP contribution >= 0.6 is 0 Å². The molecule has 1 heterocycles. The Balaban J connectivity index is 1.70. The van der Waals surface area contributed by atoms with Crippen LogP contribution in [0, 0.1) is 17.5 Å². The van der Waals surface area contributed by atoms with E-state index in [1.165, 1.54) is 6.07 Å². The van der Waals surface area contributed by atoms with Gasteiger partial charge >= 0.3 is 0 Å². The molecule has 0 aliphatic carbocycles. The highest BCUT2D eigenvalue weighted by molar-refractivity contribution is 5.94. The highest BCUT2D eigenvalue weighted by Gasteiger charge is 2.20. The van der Waals surface area contributed by atoms with Gasteiger partial charge in [-0.25, -0.2) is 13.2 Å². The van der Waals surface area contributed by atoms with E-state index in [1.807, 2.05) is 42.3 Å². The molecule has 0 aliphatic rings. The molecule has 4 aromatic rings. The number of hydrogen-bond acceptors (Lipinski definition) is 4. The average molecular weight is 398 g/mol. The van der Waals surface area contributed by atoms with Gasteiger partial charge < -0.3 is 9.63 Å². The zero-order chi connectivity index (χ0) is 20.5. The lowest BCUT2D eigenvalue weighted by Crippen LogP contribution is -2.17. The van der Waals surface area contributed by atoms with Crippen molar-refractivity contribution in [2.45, 2.75) is 13.1 Å². The summed E-state index contributed by atoms with van der Waals surface area (Å²) in [5, 5.41) is 14.7. The van der Waals surface area contributed by atoms with E-state index in [1.54, 1.807) is 6.07 Å². The van der Waals surface area contributed by atoms with Gasteiger partial charge in [-0.3, -0.25) is 4.90 Å². The second-order valence-electron chi connectivity index (χ2n) is 6.88. The molecule has 0 atom stereocenters. The third-order valence-electron chi connectivity index (χ3n) is 4.70. The van der Waals surface area contributed by atoms with Gasteiger partial charge in [0.2, 0.25) is 0 Å². The minimum absolute atomic E-state index is 0.0246. The van der Waals surface area contributed by atoms with Gasteiger partial charge in [0.15, 0.2) is 23.0 Å². The number of phenols is 1. The molecule has 0 amide bonds. The molecule has 1 N–H and O–H groups in total. The van der Waals surface area contributed by atoms with Crippen LogP contribution in [-0.2, 0) is 13.1 Å². The summed E-state index contributed by atoms with van der Waals surface area (Å²) >= 11 is 0. The van der Waals surface area contributed by atoms with Crippen LogP contribution in [0.3, 0.4) is 0 Å². The van der Waals surface area contributed by atoms with Gasteiger partial charge in [0.1, 0.15) is 11.4 Å². The first-order valence-electron chi connectivity index (χ1n) is 8.91. The van der Waals surface area contributed by atoms with Crippen molar-refractivity contribution in [2.75, 3.05) is 7.05 Å². The molecule has 0 radical (unpaired) electrons. The Labute approximate surface area is 164 Å². The van der Waals surface area contributed by atoms with Crippen molar-refractivity contribution in [3.8, 4) is 17.0 Å². The predicted octanol–water partition coefficient (Wildman–Crippen LogP) is 5.25. The van der Waals surface area contributed by atoms with Crippen LogP contribution in [0.2, 0.25) is 0 Å². The van der Waals surface area contributed by atoms with Crippen molar-refractivity contribution in [1.82, 2.24) is 10.1 Å². The summed E-state index contributed by atoms with van der Waals surface area (Å²) in [7, 11) is 1.90. The second-order valence-corrected chi connectivity index (χ2v) is 6.88. The van der Waals surface area contributed by atoms with Crippen molar-refractivity contribution in [1.29, 1.82) is 0 Å². The van der Waals surface area contributed by atoms with Gasteiger partial charge in [0, 0.05) is 18.7 Å². The molecule has 0 fully saturated rings. The van der Waals surface area contributed by atoms with Crippen LogP contribution in [0.15, 0.2) is 59.1 Å². The van der Waals surface area contributed by atoms with Crippen LogP contribution < -0.4 is 0 Å². The molecule has 0 aliphatic heterocycles. The molecule has 0 saturated heterocycles. The highest BCUT2D eigenvalue weighted by atomic mass is 19.2. The minimum atomic E-state index is -1.54. The van der Waals surface area contributed by atoms with E-state index in [9.17, 15) is 18.3 Å². The number of halogens is 3. The molecule has 3 aromatic carbocycles. The van der Waals surface area contributed by atoms with Crippen LogP contribution in [0.25, 0.3) is 22.2 Å². The first-order chi connectivity index (χ1) is 13.9. The number of nitrogens with zero attached hydrogens (tertiary/aromatic N) is 2. The summed E-state index contributed by atoms with van der Waals surface area (Å²) in [4.78, 5) is 1.99. The van der Waals surface area contributed by atoms with E-state index in [4.69, 9.17) is 4.52 Å². The Morgan fingerprint density at radius 1 is 0.966 bits per heavy atom. The van der Waals surface area contributed by atoms with Gasteiger partial charge in [-0.1, -0.05) is 35.5 Å². The standard InChI is InChI=1S/C22H17F3N2O2/c1-27(11-13-5-3-2-4-6-13)12-16-19(28)8-7-15-21(26-29-22(15)16)14-9-17(23)20(25)18(24)10-14/h2-10,28H,11-12H2,1H3. The molecular weight excluding hydrogens is 381 g/mol. The van der Waals surface area contributed by atoms with Crippen molar-refractivity contribution in [3.05, 3.63) is 83.2 Å². The van der Waals surface area contributed by atoms with E-state index < -0.39 is 17.5 Å². The molecule has 0 bridgehead atoms. The van der Waals surface area contributed by atoms with Crippen molar-refractivity contribution >= 4 is 11.0 Å². The Bertz CT molecular complexity index is 1150. The first kappa shape index (κ1) is 19.0. The van der Waals surface area contributed by atoms with Gasteiger partial charge in [-0.2, -0.15) is 0 Å². The third-order valence-corrected chi connectivity index (χ3v) is 4.70. The summed E-state index contributed by atoms with van der Waals surface area (Å²) in [5.41, 5.74) is 2.14. The molecule has 0 unspecified atom stereocenters.